The average molecular weight is 442 g/mol. The lowest BCUT2D eigenvalue weighted by molar-refractivity contribution is 0.411. The van der Waals surface area contributed by atoms with Crippen LogP contribution < -0.4 is 16.2 Å². The molecule has 33 heavy (non-hydrogen) atoms. The van der Waals surface area contributed by atoms with Crippen molar-refractivity contribution in [3.63, 3.8) is 0 Å². The molecular weight excluding hydrogens is 414 g/mol. The van der Waals surface area contributed by atoms with Gasteiger partial charge in [0.2, 0.25) is 5.95 Å². The van der Waals surface area contributed by atoms with E-state index >= 15 is 0 Å². The van der Waals surface area contributed by atoms with Gasteiger partial charge in [-0.2, -0.15) is 4.98 Å². The molecule has 4 heterocycles. The van der Waals surface area contributed by atoms with Crippen LogP contribution in [-0.4, -0.2) is 30.9 Å². The number of aromatic nitrogens is 5. The van der Waals surface area contributed by atoms with E-state index in [9.17, 15) is 4.79 Å². The lowest BCUT2D eigenvalue weighted by Gasteiger charge is -2.25. The van der Waals surface area contributed by atoms with E-state index < -0.39 is 0 Å². The van der Waals surface area contributed by atoms with Crippen LogP contribution in [0.4, 0.5) is 11.6 Å². The SMILES string of the molecule is CCn1c(=O)c2cnc(Nc3ccc4c(c3)CCNC4)nc2n1-c1ccnc(C2CCC2)c1. The fourth-order valence-corrected chi connectivity index (χ4v) is 4.82. The Labute approximate surface area is 191 Å². The maximum Gasteiger partial charge on any atom is 0.278 e. The van der Waals surface area contributed by atoms with Gasteiger partial charge in [-0.05, 0) is 68.1 Å². The zero-order chi connectivity index (χ0) is 22.4. The van der Waals surface area contributed by atoms with E-state index in [-0.39, 0.29) is 5.56 Å². The van der Waals surface area contributed by atoms with Crippen molar-refractivity contribution in [2.24, 2.45) is 0 Å². The Morgan fingerprint density at radius 2 is 2.06 bits per heavy atom. The largest absolute Gasteiger partial charge is 0.324 e. The van der Waals surface area contributed by atoms with Crippen molar-refractivity contribution in [2.75, 3.05) is 11.9 Å². The standard InChI is InChI=1S/C25H27N7O/c1-2-31-24(33)21-15-28-25(29-19-7-6-18-14-26-10-8-17(18)12-19)30-23(21)32(31)20-9-11-27-22(13-20)16-4-3-5-16/h6-7,9,11-13,15-16,26H,2-5,8,10,14H2,1H3,(H,28,29,30). The van der Waals surface area contributed by atoms with Gasteiger partial charge in [0, 0.05) is 42.8 Å². The van der Waals surface area contributed by atoms with Crippen molar-refractivity contribution in [1.29, 1.82) is 0 Å². The molecule has 1 aliphatic heterocycles. The van der Waals surface area contributed by atoms with Gasteiger partial charge in [0.15, 0.2) is 5.65 Å². The number of nitrogens with zero attached hydrogens (tertiary/aromatic N) is 5. The molecule has 0 radical (unpaired) electrons. The second-order valence-corrected chi connectivity index (χ2v) is 8.87. The Kier molecular flexibility index (Phi) is 4.95. The summed E-state index contributed by atoms with van der Waals surface area (Å²) in [6, 6.07) is 10.4. The Bertz CT molecular complexity index is 1400. The number of anilines is 2. The molecule has 0 amide bonds. The van der Waals surface area contributed by atoms with Gasteiger partial charge in [-0.3, -0.25) is 9.78 Å². The second-order valence-electron chi connectivity index (χ2n) is 8.87. The first-order valence-electron chi connectivity index (χ1n) is 11.8. The molecule has 0 spiro atoms. The first kappa shape index (κ1) is 20.1. The third-order valence-corrected chi connectivity index (χ3v) is 6.86. The number of hydrogen-bond acceptors (Lipinski definition) is 6. The van der Waals surface area contributed by atoms with Crippen molar-refractivity contribution in [1.82, 2.24) is 29.6 Å². The summed E-state index contributed by atoms with van der Waals surface area (Å²) in [4.78, 5) is 26.9. The number of rotatable bonds is 5. The van der Waals surface area contributed by atoms with Crippen LogP contribution in [0.15, 0.2) is 47.5 Å². The van der Waals surface area contributed by atoms with Gasteiger partial charge in [0.05, 0.1) is 5.69 Å². The van der Waals surface area contributed by atoms with Crippen molar-refractivity contribution < 1.29 is 0 Å². The van der Waals surface area contributed by atoms with E-state index in [2.05, 4.69) is 44.9 Å². The highest BCUT2D eigenvalue weighted by Gasteiger charge is 2.22. The highest BCUT2D eigenvalue weighted by Crippen LogP contribution is 2.35. The van der Waals surface area contributed by atoms with Gasteiger partial charge < -0.3 is 10.6 Å². The smallest absolute Gasteiger partial charge is 0.278 e. The molecule has 2 N–H and O–H groups in total. The van der Waals surface area contributed by atoms with Crippen LogP contribution in [-0.2, 0) is 19.5 Å². The molecule has 3 aromatic heterocycles. The minimum Gasteiger partial charge on any atom is -0.324 e. The van der Waals surface area contributed by atoms with Crippen LogP contribution in [0.5, 0.6) is 0 Å². The average Bonchev–Trinajstić information content (AvgIpc) is 3.09. The van der Waals surface area contributed by atoms with Crippen LogP contribution in [0.25, 0.3) is 16.7 Å². The first-order chi connectivity index (χ1) is 16.2. The summed E-state index contributed by atoms with van der Waals surface area (Å²) < 4.78 is 3.63. The van der Waals surface area contributed by atoms with Crippen LogP contribution in [0.3, 0.4) is 0 Å². The molecule has 8 heteroatoms. The summed E-state index contributed by atoms with van der Waals surface area (Å²) in [7, 11) is 0. The van der Waals surface area contributed by atoms with Gasteiger partial charge in [-0.15, -0.1) is 0 Å². The monoisotopic (exact) mass is 441 g/mol. The zero-order valence-corrected chi connectivity index (χ0v) is 18.7. The molecule has 0 bridgehead atoms. The molecule has 8 nitrogen and oxygen atoms in total. The topological polar surface area (TPSA) is 89.7 Å². The predicted octanol–water partition coefficient (Wildman–Crippen LogP) is 3.65. The van der Waals surface area contributed by atoms with E-state index in [0.29, 0.717) is 29.4 Å². The van der Waals surface area contributed by atoms with E-state index in [1.54, 1.807) is 10.9 Å². The van der Waals surface area contributed by atoms with Gasteiger partial charge >= 0.3 is 0 Å². The van der Waals surface area contributed by atoms with Crippen molar-refractivity contribution in [3.05, 3.63) is 69.9 Å². The Morgan fingerprint density at radius 1 is 1.15 bits per heavy atom. The highest BCUT2D eigenvalue weighted by atomic mass is 16.1. The third kappa shape index (κ3) is 3.51. The highest BCUT2D eigenvalue weighted by molar-refractivity contribution is 5.77. The van der Waals surface area contributed by atoms with Crippen LogP contribution in [0, 0.1) is 0 Å². The molecule has 6 rings (SSSR count). The summed E-state index contributed by atoms with van der Waals surface area (Å²) >= 11 is 0. The molecule has 1 aromatic carbocycles. The lowest BCUT2D eigenvalue weighted by atomic mass is 9.82. The third-order valence-electron chi connectivity index (χ3n) is 6.86. The van der Waals surface area contributed by atoms with Crippen molar-refractivity contribution in [2.45, 2.75) is 51.6 Å². The lowest BCUT2D eigenvalue weighted by Crippen LogP contribution is -2.23. The first-order valence-corrected chi connectivity index (χ1v) is 11.8. The van der Waals surface area contributed by atoms with Crippen molar-refractivity contribution in [3.8, 4) is 5.69 Å². The Balaban J connectivity index is 1.42. The summed E-state index contributed by atoms with van der Waals surface area (Å²) in [6.07, 6.45) is 8.08. The van der Waals surface area contributed by atoms with Crippen LogP contribution in [0.2, 0.25) is 0 Å². The van der Waals surface area contributed by atoms with Crippen molar-refractivity contribution >= 4 is 22.7 Å². The minimum atomic E-state index is -0.0812. The molecule has 0 saturated heterocycles. The summed E-state index contributed by atoms with van der Waals surface area (Å²) in [6.45, 7) is 4.41. The van der Waals surface area contributed by atoms with Gasteiger partial charge in [0.25, 0.3) is 5.56 Å². The fraction of sp³-hybridized carbons (Fsp3) is 0.360. The number of benzene rings is 1. The number of hydrogen-bond donors (Lipinski definition) is 2. The molecule has 1 fully saturated rings. The molecule has 2 aliphatic rings. The second kappa shape index (κ2) is 8.12. The normalized spacial score (nSPS) is 15.9. The van der Waals surface area contributed by atoms with Crippen LogP contribution >= 0.6 is 0 Å². The molecule has 1 saturated carbocycles. The summed E-state index contributed by atoms with van der Waals surface area (Å²) in [5.74, 6) is 0.992. The molecule has 1 aliphatic carbocycles. The molecule has 168 valence electrons. The summed E-state index contributed by atoms with van der Waals surface area (Å²) in [5, 5.41) is 7.25. The van der Waals surface area contributed by atoms with Gasteiger partial charge in [0.1, 0.15) is 5.39 Å². The maximum absolute atomic E-state index is 13.1. The molecule has 4 aromatic rings. The quantitative estimate of drug-likeness (QED) is 0.491. The Morgan fingerprint density at radius 3 is 2.88 bits per heavy atom. The van der Waals surface area contributed by atoms with Gasteiger partial charge in [-0.25, -0.2) is 14.3 Å². The summed E-state index contributed by atoms with van der Waals surface area (Å²) in [5.41, 5.74) is 6.15. The van der Waals surface area contributed by atoms with E-state index in [1.165, 1.54) is 30.4 Å². The van der Waals surface area contributed by atoms with Crippen LogP contribution in [0.1, 0.15) is 48.9 Å². The number of nitrogens with one attached hydrogen (secondary N) is 2. The van der Waals surface area contributed by atoms with E-state index in [1.807, 2.05) is 23.9 Å². The fourth-order valence-electron chi connectivity index (χ4n) is 4.82. The zero-order valence-electron chi connectivity index (χ0n) is 18.7. The predicted molar refractivity (Wildman–Crippen MR) is 128 cm³/mol. The number of fused-ring (bicyclic) bond motifs is 2. The molecule has 0 atom stereocenters. The van der Waals surface area contributed by atoms with Gasteiger partial charge in [-0.1, -0.05) is 12.5 Å². The van der Waals surface area contributed by atoms with E-state index in [0.717, 1.165) is 36.6 Å². The Hall–Kier alpha value is -3.52. The molecular formula is C25H27N7O. The minimum absolute atomic E-state index is 0.0812. The van der Waals surface area contributed by atoms with E-state index in [4.69, 9.17) is 4.98 Å². The maximum atomic E-state index is 13.1. The number of pyridine rings is 1. The molecule has 0 unspecified atom stereocenters.